The van der Waals surface area contributed by atoms with Crippen LogP contribution in [0.3, 0.4) is 0 Å². The van der Waals surface area contributed by atoms with Crippen molar-refractivity contribution in [2.75, 3.05) is 25.6 Å². The molecule has 138 valence electrons. The minimum Gasteiger partial charge on any atom is -0.492 e. The summed E-state index contributed by atoms with van der Waals surface area (Å²) in [5.74, 6) is 1.91. The van der Waals surface area contributed by atoms with Crippen molar-refractivity contribution in [3.8, 4) is 11.5 Å². The Morgan fingerprint density at radius 1 is 1.27 bits per heavy atom. The Bertz CT molecular complexity index is 823. The number of hydrogen-bond donors (Lipinski definition) is 1. The summed E-state index contributed by atoms with van der Waals surface area (Å²) >= 11 is 3.64. The number of aryl methyl sites for hydroxylation is 1. The van der Waals surface area contributed by atoms with Crippen molar-refractivity contribution in [2.24, 2.45) is 5.92 Å². The molecule has 26 heavy (non-hydrogen) atoms. The van der Waals surface area contributed by atoms with E-state index in [1.807, 2.05) is 6.92 Å². The lowest BCUT2D eigenvalue weighted by Crippen LogP contribution is -2.29. The maximum Gasteiger partial charge on any atom is 0.174 e. The largest absolute Gasteiger partial charge is 0.492 e. The van der Waals surface area contributed by atoms with E-state index in [1.54, 1.807) is 7.11 Å². The van der Waals surface area contributed by atoms with Crippen LogP contribution in [0.25, 0.3) is 0 Å². The van der Waals surface area contributed by atoms with E-state index in [-0.39, 0.29) is 12.1 Å². The van der Waals surface area contributed by atoms with E-state index in [0.717, 1.165) is 34.7 Å². The SMILES string of the molecule is CCOc1cc(C2Nc3ccc(C)cc3[C@H]3OCC[C@@H]23)cc(Br)c1OC. The first kappa shape index (κ1) is 17.7. The molecule has 1 N–H and O–H groups in total. The Kier molecular flexibility index (Phi) is 4.84. The lowest BCUT2D eigenvalue weighted by atomic mass is 9.80. The Hall–Kier alpha value is -1.72. The van der Waals surface area contributed by atoms with E-state index in [9.17, 15) is 0 Å². The van der Waals surface area contributed by atoms with Crippen molar-refractivity contribution in [1.29, 1.82) is 0 Å². The third kappa shape index (κ3) is 2.97. The molecule has 4 nitrogen and oxygen atoms in total. The molecule has 0 amide bonds. The summed E-state index contributed by atoms with van der Waals surface area (Å²) in [6.45, 7) is 5.52. The highest BCUT2D eigenvalue weighted by atomic mass is 79.9. The predicted molar refractivity (Wildman–Crippen MR) is 106 cm³/mol. The molecule has 0 radical (unpaired) electrons. The Balaban J connectivity index is 1.77. The zero-order chi connectivity index (χ0) is 18.3. The Morgan fingerprint density at radius 3 is 2.88 bits per heavy atom. The van der Waals surface area contributed by atoms with E-state index >= 15 is 0 Å². The maximum atomic E-state index is 6.14. The molecule has 1 unspecified atom stereocenters. The van der Waals surface area contributed by atoms with Gasteiger partial charge in [0.05, 0.1) is 30.3 Å². The molecule has 0 bridgehead atoms. The number of benzene rings is 2. The van der Waals surface area contributed by atoms with Crippen molar-refractivity contribution < 1.29 is 14.2 Å². The van der Waals surface area contributed by atoms with Crippen molar-refractivity contribution in [3.63, 3.8) is 0 Å². The van der Waals surface area contributed by atoms with Crippen LogP contribution >= 0.6 is 15.9 Å². The molecule has 4 rings (SSSR count). The van der Waals surface area contributed by atoms with E-state index in [4.69, 9.17) is 14.2 Å². The fourth-order valence-corrected chi connectivity index (χ4v) is 4.77. The Labute approximate surface area is 163 Å². The second-order valence-electron chi connectivity index (χ2n) is 6.92. The number of rotatable bonds is 4. The van der Waals surface area contributed by atoms with Crippen LogP contribution in [-0.4, -0.2) is 20.3 Å². The van der Waals surface area contributed by atoms with Crippen molar-refractivity contribution in [1.82, 2.24) is 0 Å². The first-order chi connectivity index (χ1) is 12.6. The van der Waals surface area contributed by atoms with Gasteiger partial charge in [-0.3, -0.25) is 0 Å². The summed E-state index contributed by atoms with van der Waals surface area (Å²) in [5.41, 5.74) is 4.90. The molecule has 0 aromatic heterocycles. The molecular weight excluding hydrogens is 394 g/mol. The van der Waals surface area contributed by atoms with Crippen LogP contribution in [0.4, 0.5) is 5.69 Å². The average molecular weight is 418 g/mol. The number of methoxy groups -OCH3 is 1. The second-order valence-corrected chi connectivity index (χ2v) is 7.78. The summed E-state index contributed by atoms with van der Waals surface area (Å²) in [4.78, 5) is 0. The molecule has 5 heteroatoms. The van der Waals surface area contributed by atoms with Crippen LogP contribution in [-0.2, 0) is 4.74 Å². The molecule has 1 saturated heterocycles. The molecule has 2 aliphatic rings. The van der Waals surface area contributed by atoms with Gasteiger partial charge in [-0.2, -0.15) is 0 Å². The van der Waals surface area contributed by atoms with E-state index in [2.05, 4.69) is 58.5 Å². The van der Waals surface area contributed by atoms with Gasteiger partial charge in [0.15, 0.2) is 11.5 Å². The van der Waals surface area contributed by atoms with Crippen molar-refractivity contribution in [3.05, 3.63) is 51.5 Å². The maximum absolute atomic E-state index is 6.14. The molecule has 2 aromatic rings. The van der Waals surface area contributed by atoms with Gasteiger partial charge in [-0.25, -0.2) is 0 Å². The third-order valence-electron chi connectivity index (χ3n) is 5.29. The fourth-order valence-electron chi connectivity index (χ4n) is 4.15. The van der Waals surface area contributed by atoms with Crippen molar-refractivity contribution >= 4 is 21.6 Å². The highest BCUT2D eigenvalue weighted by Crippen LogP contribution is 2.51. The summed E-state index contributed by atoms with van der Waals surface area (Å²) in [6, 6.07) is 11.0. The van der Waals surface area contributed by atoms with Gasteiger partial charge in [0.25, 0.3) is 0 Å². The number of fused-ring (bicyclic) bond motifs is 3. The Morgan fingerprint density at radius 2 is 2.12 bits per heavy atom. The van der Waals surface area contributed by atoms with E-state index in [1.165, 1.54) is 16.7 Å². The summed E-state index contributed by atoms with van der Waals surface area (Å²) in [7, 11) is 1.67. The minimum atomic E-state index is 0.146. The molecule has 2 aliphatic heterocycles. The first-order valence-corrected chi connectivity index (χ1v) is 9.90. The first-order valence-electron chi connectivity index (χ1n) is 9.11. The normalized spacial score (nSPS) is 23.8. The predicted octanol–water partition coefficient (Wildman–Crippen LogP) is 5.41. The number of hydrogen-bond acceptors (Lipinski definition) is 4. The standard InChI is InChI=1S/C21H24BrNO3/c1-4-25-18-11-13(10-16(22)21(18)24-3)19-14-7-8-26-20(14)15-9-12(2)5-6-17(15)23-19/h5-6,9-11,14,19-20,23H,4,7-8H2,1-3H3/t14-,19?,20-/m0/s1. The van der Waals surface area contributed by atoms with Gasteiger partial charge in [-0.1, -0.05) is 17.7 Å². The van der Waals surface area contributed by atoms with Crippen LogP contribution in [0.2, 0.25) is 0 Å². The molecule has 0 saturated carbocycles. The lowest BCUT2D eigenvalue weighted by molar-refractivity contribution is 0.0828. The van der Waals surface area contributed by atoms with E-state index in [0.29, 0.717) is 12.5 Å². The van der Waals surface area contributed by atoms with Gasteiger partial charge in [-0.05, 0) is 60.0 Å². The number of anilines is 1. The van der Waals surface area contributed by atoms with Crippen LogP contribution < -0.4 is 14.8 Å². The second kappa shape index (κ2) is 7.12. The molecule has 0 aliphatic carbocycles. The number of ether oxygens (including phenoxy) is 3. The topological polar surface area (TPSA) is 39.7 Å². The molecule has 0 spiro atoms. The quantitative estimate of drug-likeness (QED) is 0.721. The van der Waals surface area contributed by atoms with Gasteiger partial charge in [0.2, 0.25) is 0 Å². The average Bonchev–Trinajstić information content (AvgIpc) is 3.11. The van der Waals surface area contributed by atoms with E-state index < -0.39 is 0 Å². The molecule has 2 aromatic carbocycles. The molecule has 2 heterocycles. The summed E-state index contributed by atoms with van der Waals surface area (Å²) < 4.78 is 18.4. The molecule has 1 fully saturated rings. The highest BCUT2D eigenvalue weighted by molar-refractivity contribution is 9.10. The van der Waals surface area contributed by atoms with Crippen molar-refractivity contribution in [2.45, 2.75) is 32.4 Å². The monoisotopic (exact) mass is 417 g/mol. The summed E-state index contributed by atoms with van der Waals surface area (Å²) in [5, 5.41) is 3.75. The lowest BCUT2D eigenvalue weighted by Gasteiger charge is -2.37. The highest BCUT2D eigenvalue weighted by Gasteiger charge is 2.41. The minimum absolute atomic E-state index is 0.146. The molecular formula is C21H24BrNO3. The zero-order valence-electron chi connectivity index (χ0n) is 15.3. The van der Waals surface area contributed by atoms with Crippen LogP contribution in [0.1, 0.15) is 42.2 Å². The van der Waals surface area contributed by atoms with Gasteiger partial charge in [0, 0.05) is 23.8 Å². The fraction of sp³-hybridized carbons (Fsp3) is 0.429. The third-order valence-corrected chi connectivity index (χ3v) is 5.87. The van der Waals surface area contributed by atoms with Gasteiger partial charge >= 0.3 is 0 Å². The van der Waals surface area contributed by atoms with Gasteiger partial charge in [-0.15, -0.1) is 0 Å². The van der Waals surface area contributed by atoms with Crippen LogP contribution in [0.15, 0.2) is 34.8 Å². The smallest absolute Gasteiger partial charge is 0.174 e. The number of halogens is 1. The van der Waals surface area contributed by atoms with Gasteiger partial charge in [0.1, 0.15) is 0 Å². The zero-order valence-corrected chi connectivity index (χ0v) is 16.9. The molecule has 3 atom stereocenters. The summed E-state index contributed by atoms with van der Waals surface area (Å²) in [6.07, 6.45) is 1.19. The van der Waals surface area contributed by atoms with Crippen LogP contribution in [0.5, 0.6) is 11.5 Å². The van der Waals surface area contributed by atoms with Crippen LogP contribution in [0, 0.1) is 12.8 Å². The number of nitrogens with one attached hydrogen (secondary N) is 1. The van der Waals surface area contributed by atoms with Gasteiger partial charge < -0.3 is 19.5 Å².